The quantitative estimate of drug-likeness (QED) is 0.512. The van der Waals surface area contributed by atoms with E-state index in [9.17, 15) is 4.79 Å². The largest absolute Gasteiger partial charge is 0.494 e. The summed E-state index contributed by atoms with van der Waals surface area (Å²) >= 11 is 8.68. The number of thiocarbonyl (C=S) groups is 1. The van der Waals surface area contributed by atoms with Crippen LogP contribution in [0.5, 0.6) is 11.5 Å². The van der Waals surface area contributed by atoms with Gasteiger partial charge >= 0.3 is 0 Å². The average Bonchev–Trinajstić information content (AvgIpc) is 2.63. The van der Waals surface area contributed by atoms with Gasteiger partial charge in [0, 0.05) is 16.2 Å². The molecular formula is C21H25BrN2O3S. The van der Waals surface area contributed by atoms with E-state index < -0.39 is 0 Å². The highest BCUT2D eigenvalue weighted by molar-refractivity contribution is 9.10. The molecule has 0 unspecified atom stereocenters. The van der Waals surface area contributed by atoms with Crippen molar-refractivity contribution in [2.24, 2.45) is 5.92 Å². The van der Waals surface area contributed by atoms with Crippen LogP contribution in [0.25, 0.3) is 0 Å². The number of nitrogens with one attached hydrogen (secondary N) is 2. The van der Waals surface area contributed by atoms with Crippen LogP contribution in [0.2, 0.25) is 0 Å². The summed E-state index contributed by atoms with van der Waals surface area (Å²) in [4.78, 5) is 12.7. The smallest absolute Gasteiger partial charge is 0.261 e. The Kier molecular flexibility index (Phi) is 8.73. The second-order valence-corrected chi connectivity index (χ2v) is 7.86. The zero-order valence-electron chi connectivity index (χ0n) is 16.3. The Morgan fingerprint density at radius 2 is 1.96 bits per heavy atom. The highest BCUT2D eigenvalue weighted by atomic mass is 79.9. The van der Waals surface area contributed by atoms with Gasteiger partial charge in [0.2, 0.25) is 0 Å². The minimum Gasteiger partial charge on any atom is -0.494 e. The molecule has 0 fully saturated rings. The third-order valence-corrected chi connectivity index (χ3v) is 4.47. The van der Waals surface area contributed by atoms with Gasteiger partial charge in [0.25, 0.3) is 5.91 Å². The van der Waals surface area contributed by atoms with Gasteiger partial charge in [0.15, 0.2) is 5.11 Å². The summed E-state index contributed by atoms with van der Waals surface area (Å²) in [6.45, 7) is 7.30. The lowest BCUT2D eigenvalue weighted by molar-refractivity contribution is 0.0973. The van der Waals surface area contributed by atoms with Gasteiger partial charge in [-0.25, -0.2) is 0 Å². The van der Waals surface area contributed by atoms with Gasteiger partial charge in [0.1, 0.15) is 11.5 Å². The summed E-state index contributed by atoms with van der Waals surface area (Å²) in [5.41, 5.74) is 1.16. The van der Waals surface area contributed by atoms with Crippen molar-refractivity contribution in [2.45, 2.75) is 27.2 Å². The number of halogens is 1. The van der Waals surface area contributed by atoms with Crippen molar-refractivity contribution in [3.63, 3.8) is 0 Å². The SMILES string of the molecule is CCOc1cccc(NC(=S)NC(=O)c2cc(Br)ccc2OCCC(C)C)c1. The fourth-order valence-corrected chi connectivity index (χ4v) is 2.94. The van der Waals surface area contributed by atoms with Crippen LogP contribution < -0.4 is 20.1 Å². The van der Waals surface area contributed by atoms with Crippen LogP contribution in [-0.4, -0.2) is 24.2 Å². The fraction of sp³-hybridized carbons (Fsp3) is 0.333. The molecule has 0 radical (unpaired) electrons. The van der Waals surface area contributed by atoms with E-state index in [0.29, 0.717) is 30.4 Å². The molecule has 0 aliphatic heterocycles. The monoisotopic (exact) mass is 464 g/mol. The number of anilines is 1. The van der Waals surface area contributed by atoms with Gasteiger partial charge in [-0.1, -0.05) is 35.8 Å². The van der Waals surface area contributed by atoms with Gasteiger partial charge in [-0.2, -0.15) is 0 Å². The van der Waals surface area contributed by atoms with E-state index in [1.165, 1.54) is 0 Å². The van der Waals surface area contributed by atoms with E-state index in [0.717, 1.165) is 22.3 Å². The molecule has 5 nitrogen and oxygen atoms in total. The molecule has 2 aromatic carbocycles. The molecule has 150 valence electrons. The Bertz CT molecular complexity index is 827. The fourth-order valence-electron chi connectivity index (χ4n) is 2.37. The van der Waals surface area contributed by atoms with Crippen LogP contribution in [0.1, 0.15) is 37.6 Å². The Hall–Kier alpha value is -2.12. The zero-order chi connectivity index (χ0) is 20.5. The lowest BCUT2D eigenvalue weighted by atomic mass is 10.1. The van der Waals surface area contributed by atoms with E-state index in [1.54, 1.807) is 12.1 Å². The van der Waals surface area contributed by atoms with Crippen molar-refractivity contribution >= 4 is 44.9 Å². The summed E-state index contributed by atoms with van der Waals surface area (Å²) in [6, 6.07) is 12.7. The Balaban J connectivity index is 2.04. The van der Waals surface area contributed by atoms with Crippen molar-refractivity contribution in [1.82, 2.24) is 5.32 Å². The standard InChI is InChI=1S/C21H25BrN2O3S/c1-4-26-17-7-5-6-16(13-17)23-21(28)24-20(25)18-12-15(22)8-9-19(18)27-11-10-14(2)3/h5-9,12-14H,4,10-11H2,1-3H3,(H2,23,24,25,28). The van der Waals surface area contributed by atoms with Gasteiger partial charge in [-0.3, -0.25) is 10.1 Å². The number of benzene rings is 2. The normalized spacial score (nSPS) is 10.5. The van der Waals surface area contributed by atoms with Crippen molar-refractivity contribution in [3.05, 3.63) is 52.5 Å². The van der Waals surface area contributed by atoms with Crippen molar-refractivity contribution in [3.8, 4) is 11.5 Å². The Labute approximate surface area is 179 Å². The summed E-state index contributed by atoms with van der Waals surface area (Å²) in [5, 5.41) is 5.90. The molecule has 0 aromatic heterocycles. The van der Waals surface area contributed by atoms with E-state index in [-0.39, 0.29) is 11.0 Å². The van der Waals surface area contributed by atoms with Crippen LogP contribution in [-0.2, 0) is 0 Å². The zero-order valence-corrected chi connectivity index (χ0v) is 18.7. The molecule has 7 heteroatoms. The maximum Gasteiger partial charge on any atom is 0.261 e. The van der Waals surface area contributed by atoms with E-state index in [2.05, 4.69) is 40.4 Å². The van der Waals surface area contributed by atoms with E-state index in [1.807, 2.05) is 37.3 Å². The van der Waals surface area contributed by atoms with Crippen LogP contribution in [0.4, 0.5) is 5.69 Å². The number of ether oxygens (including phenoxy) is 2. The number of rotatable bonds is 8. The summed E-state index contributed by atoms with van der Waals surface area (Å²) in [7, 11) is 0. The maximum absolute atomic E-state index is 12.7. The third-order valence-electron chi connectivity index (χ3n) is 3.77. The molecule has 28 heavy (non-hydrogen) atoms. The minimum atomic E-state index is -0.334. The van der Waals surface area contributed by atoms with Crippen molar-refractivity contribution in [2.75, 3.05) is 18.5 Å². The van der Waals surface area contributed by atoms with Gasteiger partial charge in [-0.05, 0) is 61.8 Å². The molecule has 0 aliphatic carbocycles. The molecule has 0 bridgehead atoms. The Morgan fingerprint density at radius 1 is 1.18 bits per heavy atom. The molecule has 2 rings (SSSR count). The molecule has 0 aliphatic rings. The highest BCUT2D eigenvalue weighted by Gasteiger charge is 2.15. The number of amides is 1. The molecule has 1 amide bonds. The third kappa shape index (κ3) is 7.13. The maximum atomic E-state index is 12.7. The molecule has 0 atom stereocenters. The highest BCUT2D eigenvalue weighted by Crippen LogP contribution is 2.24. The lowest BCUT2D eigenvalue weighted by Gasteiger charge is -2.14. The van der Waals surface area contributed by atoms with Crippen molar-refractivity contribution < 1.29 is 14.3 Å². The number of hydrogen-bond donors (Lipinski definition) is 2. The summed E-state index contributed by atoms with van der Waals surface area (Å²) in [6.07, 6.45) is 0.910. The molecule has 0 saturated carbocycles. The summed E-state index contributed by atoms with van der Waals surface area (Å²) < 4.78 is 12.1. The van der Waals surface area contributed by atoms with Crippen LogP contribution in [0.3, 0.4) is 0 Å². The van der Waals surface area contributed by atoms with Crippen LogP contribution in [0.15, 0.2) is 46.9 Å². The number of carbonyl (C=O) groups excluding carboxylic acids is 1. The predicted octanol–water partition coefficient (Wildman–Crippen LogP) is 5.40. The van der Waals surface area contributed by atoms with E-state index >= 15 is 0 Å². The summed E-state index contributed by atoms with van der Waals surface area (Å²) in [5.74, 6) is 1.45. The van der Waals surface area contributed by atoms with E-state index in [4.69, 9.17) is 21.7 Å². The average molecular weight is 465 g/mol. The second kappa shape index (κ2) is 11.0. The molecule has 0 heterocycles. The second-order valence-electron chi connectivity index (χ2n) is 6.54. The minimum absolute atomic E-state index is 0.201. The first kappa shape index (κ1) is 22.2. The topological polar surface area (TPSA) is 59.6 Å². The number of carbonyl (C=O) groups is 1. The van der Waals surface area contributed by atoms with Crippen LogP contribution >= 0.6 is 28.1 Å². The first-order valence-corrected chi connectivity index (χ1v) is 10.4. The molecule has 0 spiro atoms. The van der Waals surface area contributed by atoms with Crippen LogP contribution in [0, 0.1) is 5.92 Å². The lowest BCUT2D eigenvalue weighted by Crippen LogP contribution is -2.34. The van der Waals surface area contributed by atoms with Gasteiger partial charge in [-0.15, -0.1) is 0 Å². The molecule has 2 aromatic rings. The predicted molar refractivity (Wildman–Crippen MR) is 120 cm³/mol. The van der Waals surface area contributed by atoms with Gasteiger partial charge < -0.3 is 14.8 Å². The number of hydrogen-bond acceptors (Lipinski definition) is 4. The first-order chi connectivity index (χ1) is 13.4. The van der Waals surface area contributed by atoms with Crippen molar-refractivity contribution in [1.29, 1.82) is 0 Å². The van der Waals surface area contributed by atoms with Gasteiger partial charge in [0.05, 0.1) is 18.8 Å². The molecule has 2 N–H and O–H groups in total. The first-order valence-electron chi connectivity index (χ1n) is 9.16. The molecule has 0 saturated heterocycles. The Morgan fingerprint density at radius 3 is 2.68 bits per heavy atom. The molecular weight excluding hydrogens is 440 g/mol.